The van der Waals surface area contributed by atoms with Crippen molar-refractivity contribution >= 4 is 16.7 Å². The van der Waals surface area contributed by atoms with Crippen molar-refractivity contribution in [3.8, 4) is 11.1 Å². The number of anilines is 1. The second kappa shape index (κ2) is 5.42. The molecule has 3 aromatic rings. The Morgan fingerprint density at radius 1 is 1.05 bits per heavy atom. The lowest BCUT2D eigenvalue weighted by Gasteiger charge is -2.31. The third-order valence-corrected chi connectivity index (χ3v) is 4.15. The molecule has 0 unspecified atom stereocenters. The van der Waals surface area contributed by atoms with Crippen LogP contribution in [-0.2, 0) is 0 Å². The van der Waals surface area contributed by atoms with Gasteiger partial charge in [0, 0.05) is 49.5 Å². The first kappa shape index (κ1) is 13.3. The highest BCUT2D eigenvalue weighted by atomic mass is 19.1. The van der Waals surface area contributed by atoms with Gasteiger partial charge in [-0.05, 0) is 23.8 Å². The van der Waals surface area contributed by atoms with Gasteiger partial charge in [-0.25, -0.2) is 9.37 Å². The Kier molecular flexibility index (Phi) is 3.27. The van der Waals surface area contributed by atoms with Crippen LogP contribution in [0.5, 0.6) is 0 Å². The molecule has 2 N–H and O–H groups in total. The first-order chi connectivity index (χ1) is 10.8. The Hall–Kier alpha value is -2.40. The minimum absolute atomic E-state index is 0.219. The third-order valence-electron chi connectivity index (χ3n) is 4.15. The molecular weight excluding hydrogens is 279 g/mol. The van der Waals surface area contributed by atoms with E-state index in [1.807, 2.05) is 24.5 Å². The first-order valence-electron chi connectivity index (χ1n) is 7.50. The smallest absolute Gasteiger partial charge is 0.139 e. The quantitative estimate of drug-likeness (QED) is 0.764. The van der Waals surface area contributed by atoms with E-state index >= 15 is 0 Å². The lowest BCUT2D eigenvalue weighted by Crippen LogP contribution is -2.43. The summed E-state index contributed by atoms with van der Waals surface area (Å²) in [6, 6.07) is 8.69. The second-order valence-electron chi connectivity index (χ2n) is 5.50. The molecule has 0 aliphatic carbocycles. The van der Waals surface area contributed by atoms with Crippen LogP contribution in [0, 0.1) is 5.82 Å². The van der Waals surface area contributed by atoms with Gasteiger partial charge in [-0.3, -0.25) is 0 Å². The Morgan fingerprint density at radius 2 is 1.82 bits per heavy atom. The molecule has 3 heterocycles. The number of nitrogens with one attached hydrogen (secondary N) is 2. The van der Waals surface area contributed by atoms with Gasteiger partial charge in [0.2, 0.25) is 0 Å². The molecule has 0 saturated carbocycles. The molecular formula is C17H17FN4. The number of piperazine rings is 1. The Balaban J connectivity index is 1.91. The topological polar surface area (TPSA) is 44.0 Å². The molecule has 1 aliphatic heterocycles. The molecule has 1 aromatic carbocycles. The van der Waals surface area contributed by atoms with Gasteiger partial charge in [0.15, 0.2) is 0 Å². The highest BCUT2D eigenvalue weighted by Crippen LogP contribution is 2.36. The summed E-state index contributed by atoms with van der Waals surface area (Å²) >= 11 is 0. The van der Waals surface area contributed by atoms with Crippen molar-refractivity contribution in [1.29, 1.82) is 0 Å². The average Bonchev–Trinajstić information content (AvgIpc) is 3.04. The standard InChI is InChI=1S/C17H17FN4/c18-13-3-1-12(2-4-13)15-11-21-17-14(5-6-20-17)16(15)22-9-7-19-8-10-22/h1-6,11,19H,7-10H2,(H,20,21). The lowest BCUT2D eigenvalue weighted by molar-refractivity contribution is 0.590. The summed E-state index contributed by atoms with van der Waals surface area (Å²) in [4.78, 5) is 10.1. The number of hydrogen-bond acceptors (Lipinski definition) is 3. The van der Waals surface area contributed by atoms with E-state index in [9.17, 15) is 4.39 Å². The van der Waals surface area contributed by atoms with Gasteiger partial charge in [0.25, 0.3) is 0 Å². The minimum Gasteiger partial charge on any atom is -0.368 e. The summed E-state index contributed by atoms with van der Waals surface area (Å²) in [6.07, 6.45) is 3.79. The largest absolute Gasteiger partial charge is 0.368 e. The van der Waals surface area contributed by atoms with E-state index in [-0.39, 0.29) is 5.82 Å². The molecule has 22 heavy (non-hydrogen) atoms. The second-order valence-corrected chi connectivity index (χ2v) is 5.50. The van der Waals surface area contributed by atoms with Gasteiger partial charge < -0.3 is 15.2 Å². The highest BCUT2D eigenvalue weighted by molar-refractivity contribution is 5.98. The fourth-order valence-electron chi connectivity index (χ4n) is 3.06. The molecule has 0 amide bonds. The first-order valence-corrected chi connectivity index (χ1v) is 7.50. The number of aromatic nitrogens is 2. The number of aromatic amines is 1. The zero-order chi connectivity index (χ0) is 14.9. The number of fused-ring (bicyclic) bond motifs is 1. The van der Waals surface area contributed by atoms with Gasteiger partial charge in [-0.2, -0.15) is 0 Å². The van der Waals surface area contributed by atoms with Gasteiger partial charge in [0.05, 0.1) is 5.69 Å². The number of rotatable bonds is 2. The zero-order valence-corrected chi connectivity index (χ0v) is 12.1. The number of pyridine rings is 1. The van der Waals surface area contributed by atoms with Crippen molar-refractivity contribution in [2.75, 3.05) is 31.1 Å². The predicted octanol–water partition coefficient (Wildman–Crippen LogP) is 2.78. The van der Waals surface area contributed by atoms with E-state index in [2.05, 4.69) is 26.3 Å². The molecule has 112 valence electrons. The van der Waals surface area contributed by atoms with Gasteiger partial charge in [-0.15, -0.1) is 0 Å². The maximum absolute atomic E-state index is 13.2. The number of halogens is 1. The van der Waals surface area contributed by atoms with E-state index in [0.29, 0.717) is 0 Å². The van der Waals surface area contributed by atoms with Crippen LogP contribution in [0.15, 0.2) is 42.7 Å². The van der Waals surface area contributed by atoms with Gasteiger partial charge in [-0.1, -0.05) is 12.1 Å². The molecule has 0 bridgehead atoms. The van der Waals surface area contributed by atoms with E-state index in [0.717, 1.165) is 48.3 Å². The molecule has 0 radical (unpaired) electrons. The third kappa shape index (κ3) is 2.23. The monoisotopic (exact) mass is 296 g/mol. The maximum atomic E-state index is 13.2. The molecule has 1 fully saturated rings. The van der Waals surface area contributed by atoms with Crippen LogP contribution in [0.25, 0.3) is 22.2 Å². The van der Waals surface area contributed by atoms with Crippen molar-refractivity contribution in [2.45, 2.75) is 0 Å². The molecule has 4 rings (SSSR count). The minimum atomic E-state index is -0.219. The fraction of sp³-hybridized carbons (Fsp3) is 0.235. The van der Waals surface area contributed by atoms with E-state index < -0.39 is 0 Å². The van der Waals surface area contributed by atoms with Gasteiger partial charge >= 0.3 is 0 Å². The number of benzene rings is 1. The average molecular weight is 296 g/mol. The summed E-state index contributed by atoms with van der Waals surface area (Å²) in [5.41, 5.74) is 4.11. The fourth-order valence-corrected chi connectivity index (χ4v) is 3.06. The van der Waals surface area contributed by atoms with Crippen molar-refractivity contribution in [3.05, 3.63) is 48.5 Å². The number of H-pyrrole nitrogens is 1. The molecule has 1 aliphatic rings. The van der Waals surface area contributed by atoms with Crippen LogP contribution >= 0.6 is 0 Å². The SMILES string of the molecule is Fc1ccc(-c2cnc3[nH]ccc3c2N2CCNCC2)cc1. The summed E-state index contributed by atoms with van der Waals surface area (Å²) in [7, 11) is 0. The Morgan fingerprint density at radius 3 is 2.59 bits per heavy atom. The summed E-state index contributed by atoms with van der Waals surface area (Å²) in [5, 5.41) is 4.49. The van der Waals surface area contributed by atoms with Crippen LogP contribution in [0.1, 0.15) is 0 Å². The van der Waals surface area contributed by atoms with Crippen molar-refractivity contribution in [3.63, 3.8) is 0 Å². The van der Waals surface area contributed by atoms with Crippen molar-refractivity contribution in [1.82, 2.24) is 15.3 Å². The van der Waals surface area contributed by atoms with Crippen molar-refractivity contribution < 1.29 is 4.39 Å². The normalized spacial score (nSPS) is 15.4. The lowest BCUT2D eigenvalue weighted by atomic mass is 10.0. The molecule has 1 saturated heterocycles. The van der Waals surface area contributed by atoms with E-state index in [1.54, 1.807) is 0 Å². The summed E-state index contributed by atoms with van der Waals surface area (Å²) in [5.74, 6) is -0.219. The van der Waals surface area contributed by atoms with Crippen LogP contribution in [0.2, 0.25) is 0 Å². The number of hydrogen-bond donors (Lipinski definition) is 2. The van der Waals surface area contributed by atoms with Crippen LogP contribution in [0.4, 0.5) is 10.1 Å². The van der Waals surface area contributed by atoms with Crippen molar-refractivity contribution in [2.24, 2.45) is 0 Å². The van der Waals surface area contributed by atoms with Crippen LogP contribution in [-0.4, -0.2) is 36.1 Å². The molecule has 5 heteroatoms. The van der Waals surface area contributed by atoms with E-state index in [1.165, 1.54) is 17.8 Å². The van der Waals surface area contributed by atoms with Crippen LogP contribution < -0.4 is 10.2 Å². The molecule has 0 spiro atoms. The number of nitrogens with zero attached hydrogens (tertiary/aromatic N) is 2. The summed E-state index contributed by atoms with van der Waals surface area (Å²) < 4.78 is 13.2. The Labute approximate surface area is 128 Å². The molecule has 0 atom stereocenters. The van der Waals surface area contributed by atoms with Crippen LogP contribution in [0.3, 0.4) is 0 Å². The summed E-state index contributed by atoms with van der Waals surface area (Å²) in [6.45, 7) is 3.85. The zero-order valence-electron chi connectivity index (χ0n) is 12.1. The van der Waals surface area contributed by atoms with Gasteiger partial charge in [0.1, 0.15) is 11.5 Å². The van der Waals surface area contributed by atoms with E-state index in [4.69, 9.17) is 0 Å². The molecule has 2 aromatic heterocycles. The Bertz CT molecular complexity index is 788. The highest BCUT2D eigenvalue weighted by Gasteiger charge is 2.19. The predicted molar refractivity (Wildman–Crippen MR) is 86.6 cm³/mol. The maximum Gasteiger partial charge on any atom is 0.139 e. The molecule has 4 nitrogen and oxygen atoms in total.